The summed E-state index contributed by atoms with van der Waals surface area (Å²) in [7, 11) is 17.0. The molecule has 4 aromatic carbocycles. The van der Waals surface area contributed by atoms with Crippen LogP contribution in [0.25, 0.3) is 90.6 Å². The standard InChI is InChI=1S/2C20H22BN2O.2C19H20BN2O/c1-13-10-19(22(4)11-14(13)2)21-15(3)20-17(12-23(21)5)16-8-6-7-9-18(16)24-20;1-13-10-19(22(4)11-14(13)2)21-15(3)20-16-8-6-7-9-17(16)24-18(20)12-23(21)5;1-13-9-10-21(3)18(11-13)20-14(2)19-16(12-22(20)4)15-7-5-6-8-17(15)23-19;1-13-9-10-18(21(3)11-13)20-14(2)19-16(12-22(20)4)15-7-5-6-8-17(15)23-19/h2*6-12H,1-5H3;2*5-12H,1-4H3/q4*+1. The van der Waals surface area contributed by atoms with E-state index in [-0.39, 0.29) is 27.4 Å². The van der Waals surface area contributed by atoms with Crippen molar-refractivity contribution in [2.75, 3.05) is 28.2 Å². The van der Waals surface area contributed by atoms with Crippen LogP contribution >= 0.6 is 0 Å². The molecule has 0 spiro atoms. The summed E-state index contributed by atoms with van der Waals surface area (Å²) in [4.78, 5) is 9.12. The second kappa shape index (κ2) is 24.8. The largest absolute Gasteiger partial charge is 0.457 e. The zero-order valence-electron chi connectivity index (χ0n) is 57.8. The molecule has 0 saturated heterocycles. The Bertz CT molecular complexity index is 5610. The predicted molar refractivity (Wildman–Crippen MR) is 388 cm³/mol. The van der Waals surface area contributed by atoms with Gasteiger partial charge in [-0.3, -0.25) is 0 Å². The summed E-state index contributed by atoms with van der Waals surface area (Å²) in [6.07, 6.45) is 17.5. The summed E-state index contributed by atoms with van der Waals surface area (Å²) in [6, 6.07) is 46.4. The first-order valence-corrected chi connectivity index (χ1v) is 32.6. The molecule has 12 heterocycles. The number of hydrogen-bond acceptors (Lipinski definition) is 8. The summed E-state index contributed by atoms with van der Waals surface area (Å²) in [5, 5.41) is 9.55. The van der Waals surface area contributed by atoms with Crippen LogP contribution in [0.2, 0.25) is 0 Å². The fourth-order valence-electron chi connectivity index (χ4n) is 14.9. The zero-order valence-corrected chi connectivity index (χ0v) is 57.8. The Hall–Kier alpha value is -9.94. The van der Waals surface area contributed by atoms with E-state index < -0.39 is 0 Å². The van der Waals surface area contributed by atoms with Gasteiger partial charge in [0.25, 0.3) is 0 Å². The van der Waals surface area contributed by atoms with Gasteiger partial charge in [-0.1, -0.05) is 78.3 Å². The maximum atomic E-state index is 6.19. The van der Waals surface area contributed by atoms with Gasteiger partial charge in [-0.25, -0.2) is 18.3 Å². The minimum absolute atomic E-state index is 0.183. The molecule has 0 bridgehead atoms. The Morgan fingerprint density at radius 1 is 0.319 bits per heavy atom. The number of aryl methyl sites for hydroxylation is 10. The molecule has 0 aliphatic carbocycles. The van der Waals surface area contributed by atoms with Crippen molar-refractivity contribution in [3.8, 4) is 0 Å². The van der Waals surface area contributed by atoms with Gasteiger partial charge in [0.05, 0.1) is 0 Å². The van der Waals surface area contributed by atoms with E-state index in [9.17, 15) is 0 Å². The molecule has 0 N–H and O–H groups in total. The molecule has 8 aromatic heterocycles. The highest BCUT2D eigenvalue weighted by molar-refractivity contribution is 6.87. The van der Waals surface area contributed by atoms with Crippen LogP contribution in [0.1, 0.15) is 61.1 Å². The van der Waals surface area contributed by atoms with E-state index in [1.807, 2.05) is 48.5 Å². The van der Waals surface area contributed by atoms with E-state index in [0.717, 1.165) is 44.0 Å². The predicted octanol–water partition coefficient (Wildman–Crippen LogP) is 4.05. The second-order valence-corrected chi connectivity index (χ2v) is 26.7. The molecule has 12 nitrogen and oxygen atoms in total. The van der Waals surface area contributed by atoms with E-state index in [4.69, 9.17) is 17.7 Å². The fourth-order valence-corrected chi connectivity index (χ4v) is 14.9. The van der Waals surface area contributed by atoms with Crippen LogP contribution < -0.4 is 83.2 Å². The van der Waals surface area contributed by atoms with Crippen molar-refractivity contribution < 1.29 is 35.9 Å². The number of aromatic nitrogens is 4. The Morgan fingerprint density at radius 2 is 0.681 bits per heavy atom. The maximum Gasteiger partial charge on any atom is 0.402 e. The summed E-state index contributed by atoms with van der Waals surface area (Å²) in [6.45, 7) is 22.5. The molecule has 0 saturated carbocycles. The van der Waals surface area contributed by atoms with Gasteiger partial charge >= 0.3 is 27.4 Å². The molecular weight excluding hydrogens is 1160 g/mol. The van der Waals surface area contributed by atoms with Crippen molar-refractivity contribution in [3.63, 3.8) is 0 Å². The highest BCUT2D eigenvalue weighted by Gasteiger charge is 2.39. The third kappa shape index (κ3) is 11.1. The molecule has 0 fully saturated rings. The van der Waals surface area contributed by atoms with Crippen LogP contribution in [0.15, 0.2) is 176 Å². The van der Waals surface area contributed by atoms with E-state index in [2.05, 4.69) is 298 Å². The van der Waals surface area contributed by atoms with E-state index in [1.165, 1.54) is 120 Å². The van der Waals surface area contributed by atoms with Gasteiger partial charge in [0, 0.05) is 89.6 Å². The summed E-state index contributed by atoms with van der Waals surface area (Å²) >= 11 is 0. The number of benzene rings is 4. The molecule has 12 aromatic rings. The van der Waals surface area contributed by atoms with Crippen molar-refractivity contribution in [1.82, 2.24) is 19.2 Å². The lowest BCUT2D eigenvalue weighted by atomic mass is 9.50. The maximum absolute atomic E-state index is 6.19. The van der Waals surface area contributed by atoms with Crippen LogP contribution in [-0.4, -0.2) is 74.8 Å². The molecule has 0 amide bonds. The smallest absolute Gasteiger partial charge is 0.402 e. The van der Waals surface area contributed by atoms with Crippen LogP contribution in [0.3, 0.4) is 0 Å². The molecular formula is C78H84B4N8O4+4. The van der Waals surface area contributed by atoms with Gasteiger partial charge in [0.15, 0.2) is 47.2 Å². The Kier molecular flexibility index (Phi) is 16.6. The molecule has 94 heavy (non-hydrogen) atoms. The number of hydrogen-bond donors (Lipinski definition) is 0. The lowest BCUT2D eigenvalue weighted by molar-refractivity contribution is -0.654. The molecule has 0 unspecified atom stereocenters. The third-order valence-electron chi connectivity index (χ3n) is 19.9. The minimum Gasteiger partial charge on any atom is -0.457 e. The van der Waals surface area contributed by atoms with E-state index in [1.54, 1.807) is 0 Å². The average molecular weight is 1240 g/mol. The van der Waals surface area contributed by atoms with Gasteiger partial charge in [-0.2, -0.15) is 0 Å². The number of para-hydroxylation sites is 4. The Labute approximate surface area is 552 Å². The first-order chi connectivity index (χ1) is 45.1. The summed E-state index contributed by atoms with van der Waals surface area (Å²) in [5.41, 5.74) is 25.8. The van der Waals surface area contributed by atoms with Crippen LogP contribution in [0, 0.1) is 41.5 Å². The third-order valence-corrected chi connectivity index (χ3v) is 19.9. The van der Waals surface area contributed by atoms with Gasteiger partial charge in [0.1, 0.15) is 72.2 Å². The molecule has 0 radical (unpaired) electrons. The lowest BCUT2D eigenvalue weighted by Gasteiger charge is -2.24. The fraction of sp³-hybridized carbons (Fsp3) is 0.231. The SMILES string of the molecule is CC1=c2c(oc3ccccc23)=CN(C)B1c1cc(C)c(C)c[n+]1C.CC1=c2oc3ccccc3c2=CN(C)B1c1cc(C)c(C)c[n+]1C.CC1=c2oc3ccccc3c2=CN(C)B1c1cc(C)cc[n+]1C.CC1=c2oc3ccccc3c2=CN(C)B1c1ccc(C)c[n+]1C. The highest BCUT2D eigenvalue weighted by Crippen LogP contribution is 2.19. The first-order valence-electron chi connectivity index (χ1n) is 32.6. The number of fused-ring (bicyclic) bond motifs is 12. The molecule has 16 heteroatoms. The number of pyridine rings is 4. The lowest BCUT2D eigenvalue weighted by Crippen LogP contribution is -2.62. The van der Waals surface area contributed by atoms with Crippen molar-refractivity contribution in [2.24, 2.45) is 28.2 Å². The van der Waals surface area contributed by atoms with Gasteiger partial charge < -0.3 is 36.9 Å². The summed E-state index contributed by atoms with van der Waals surface area (Å²) < 4.78 is 33.5. The van der Waals surface area contributed by atoms with E-state index >= 15 is 0 Å². The summed E-state index contributed by atoms with van der Waals surface area (Å²) in [5.74, 6) is 0. The van der Waals surface area contributed by atoms with Crippen LogP contribution in [-0.2, 0) is 28.2 Å². The van der Waals surface area contributed by atoms with E-state index in [0.29, 0.717) is 0 Å². The monoisotopic (exact) mass is 1240 g/mol. The topological polar surface area (TPSA) is 81.0 Å². The second-order valence-electron chi connectivity index (χ2n) is 26.7. The van der Waals surface area contributed by atoms with Crippen molar-refractivity contribution in [1.29, 1.82) is 0 Å². The molecule has 4 aliphatic rings. The normalized spacial score (nSPS) is 14.1. The molecule has 0 atom stereocenters. The molecule has 4 aliphatic heterocycles. The van der Waals surface area contributed by atoms with Crippen molar-refractivity contribution in [3.05, 3.63) is 234 Å². The van der Waals surface area contributed by atoms with Gasteiger partial charge in [0.2, 0.25) is 0 Å². The average Bonchev–Trinajstić information content (AvgIpc) is 1.26. The first kappa shape index (κ1) is 62.8. The number of rotatable bonds is 4. The van der Waals surface area contributed by atoms with Gasteiger partial charge in [-0.15, -0.1) is 0 Å². The van der Waals surface area contributed by atoms with Gasteiger partial charge in [-0.05, 0) is 186 Å². The number of nitrogens with zero attached hydrogens (tertiary/aromatic N) is 8. The van der Waals surface area contributed by atoms with Crippen LogP contribution in [0.5, 0.6) is 0 Å². The number of furan rings is 4. The van der Waals surface area contributed by atoms with Crippen LogP contribution in [0.4, 0.5) is 0 Å². The quantitative estimate of drug-likeness (QED) is 0.193. The minimum atomic E-state index is 0.183. The zero-order chi connectivity index (χ0) is 66.3. The Morgan fingerprint density at radius 3 is 1.12 bits per heavy atom. The van der Waals surface area contributed by atoms with Crippen molar-refractivity contribution in [2.45, 2.75) is 69.2 Å². The molecule has 16 rings (SSSR count). The highest BCUT2D eigenvalue weighted by atomic mass is 16.3. The Balaban J connectivity index is 0.000000114. The van der Waals surface area contributed by atoms with Crippen molar-refractivity contribution >= 4 is 140 Å². The molecule has 468 valence electrons.